The highest BCUT2D eigenvalue weighted by Gasteiger charge is 2.27. The lowest BCUT2D eigenvalue weighted by molar-refractivity contribution is 0.222. The Balaban J connectivity index is 1.64. The molecule has 1 aromatic carbocycles. The van der Waals surface area contributed by atoms with Gasteiger partial charge in [-0.1, -0.05) is 23.7 Å². The predicted molar refractivity (Wildman–Crippen MR) is 102 cm³/mol. The Labute approximate surface area is 158 Å². The normalized spacial score (nSPS) is 16.9. The van der Waals surface area contributed by atoms with Crippen LogP contribution < -0.4 is 0 Å². The molecule has 0 bridgehead atoms. The van der Waals surface area contributed by atoms with Gasteiger partial charge in [-0.25, -0.2) is 13.4 Å². The number of aromatic nitrogens is 1. The average Bonchev–Trinajstić information content (AvgIpc) is 2.62. The number of hydrogen-bond donors (Lipinski definition) is 0. The fraction of sp³-hybridized carbons (Fsp3) is 0.353. The van der Waals surface area contributed by atoms with E-state index in [0.29, 0.717) is 18.1 Å². The number of rotatable bonds is 5. The van der Waals surface area contributed by atoms with E-state index in [9.17, 15) is 8.42 Å². The van der Waals surface area contributed by atoms with Gasteiger partial charge in [0.1, 0.15) is 4.90 Å². The first kappa shape index (κ1) is 18.7. The highest BCUT2D eigenvalue weighted by Crippen LogP contribution is 2.24. The summed E-state index contributed by atoms with van der Waals surface area (Å²) in [4.78, 5) is 6.69. The molecule has 0 amide bonds. The molecule has 0 radical (unpaired) electrons. The minimum Gasteiger partial charge on any atom is -0.304 e. The van der Waals surface area contributed by atoms with Crippen LogP contribution >= 0.6 is 23.4 Å². The van der Waals surface area contributed by atoms with E-state index in [1.165, 1.54) is 10.5 Å². The first-order valence-electron chi connectivity index (χ1n) is 7.97. The van der Waals surface area contributed by atoms with Crippen molar-refractivity contribution < 1.29 is 8.42 Å². The molecule has 2 heterocycles. The van der Waals surface area contributed by atoms with Crippen molar-refractivity contribution in [2.75, 3.05) is 33.2 Å². The van der Waals surface area contributed by atoms with Crippen LogP contribution in [0, 0.1) is 0 Å². The number of benzene rings is 1. The molecule has 3 rings (SSSR count). The number of sulfonamides is 1. The summed E-state index contributed by atoms with van der Waals surface area (Å²) in [5.74, 6) is 0.759. The summed E-state index contributed by atoms with van der Waals surface area (Å²) >= 11 is 7.44. The van der Waals surface area contributed by atoms with E-state index in [1.807, 2.05) is 31.3 Å². The van der Waals surface area contributed by atoms with Gasteiger partial charge in [-0.15, -0.1) is 11.8 Å². The maximum atomic E-state index is 12.7. The molecule has 0 unspecified atom stereocenters. The van der Waals surface area contributed by atoms with Crippen LogP contribution in [0.3, 0.4) is 0 Å². The van der Waals surface area contributed by atoms with Crippen molar-refractivity contribution in [1.29, 1.82) is 0 Å². The molecule has 25 heavy (non-hydrogen) atoms. The highest BCUT2D eigenvalue weighted by atomic mass is 35.5. The lowest BCUT2D eigenvalue weighted by atomic mass is 10.2. The summed E-state index contributed by atoms with van der Waals surface area (Å²) in [5, 5.41) is 1.51. The van der Waals surface area contributed by atoms with Gasteiger partial charge in [0.15, 0.2) is 0 Å². The molecule has 1 aromatic heterocycles. The number of halogens is 1. The van der Waals surface area contributed by atoms with E-state index < -0.39 is 10.0 Å². The number of hydrogen-bond acceptors (Lipinski definition) is 5. The second kappa shape index (κ2) is 8.05. The standard InChI is InChI=1S/C17H20ClN3O2S2/c1-20-8-10-21(11-9-20)25(22,23)16-6-7-17(19-12-16)24-13-14-2-4-15(18)5-3-14/h2-7,12H,8-11,13H2,1H3. The van der Waals surface area contributed by atoms with Gasteiger partial charge in [0.2, 0.25) is 10.0 Å². The number of piperazine rings is 1. The van der Waals surface area contributed by atoms with Crippen LogP contribution in [0.2, 0.25) is 5.02 Å². The quantitative estimate of drug-likeness (QED) is 0.726. The van der Waals surface area contributed by atoms with Crippen LogP contribution in [0.5, 0.6) is 0 Å². The van der Waals surface area contributed by atoms with E-state index >= 15 is 0 Å². The summed E-state index contributed by atoms with van der Waals surface area (Å²) in [7, 11) is -1.46. The van der Waals surface area contributed by atoms with Crippen molar-refractivity contribution in [3.8, 4) is 0 Å². The Morgan fingerprint density at radius 1 is 1.08 bits per heavy atom. The Bertz CT molecular complexity index is 803. The van der Waals surface area contributed by atoms with Gasteiger partial charge in [-0.2, -0.15) is 4.31 Å². The molecule has 0 spiro atoms. The van der Waals surface area contributed by atoms with E-state index in [-0.39, 0.29) is 4.90 Å². The van der Waals surface area contributed by atoms with Gasteiger partial charge < -0.3 is 4.90 Å². The van der Waals surface area contributed by atoms with Crippen LogP contribution in [0.25, 0.3) is 0 Å². The number of thioether (sulfide) groups is 1. The van der Waals surface area contributed by atoms with E-state index in [4.69, 9.17) is 11.6 Å². The van der Waals surface area contributed by atoms with Crippen LogP contribution in [0.15, 0.2) is 52.5 Å². The van der Waals surface area contributed by atoms with E-state index in [1.54, 1.807) is 23.9 Å². The Morgan fingerprint density at radius 3 is 2.36 bits per heavy atom. The first-order valence-corrected chi connectivity index (χ1v) is 10.8. The Hall–Kier alpha value is -1.12. The molecule has 0 aliphatic carbocycles. The Morgan fingerprint density at radius 2 is 1.76 bits per heavy atom. The highest BCUT2D eigenvalue weighted by molar-refractivity contribution is 7.98. The molecule has 1 fully saturated rings. The molecule has 2 aromatic rings. The zero-order valence-electron chi connectivity index (χ0n) is 13.9. The summed E-state index contributed by atoms with van der Waals surface area (Å²) in [6.07, 6.45) is 1.46. The van der Waals surface area contributed by atoms with Crippen molar-refractivity contribution in [1.82, 2.24) is 14.2 Å². The SMILES string of the molecule is CN1CCN(S(=O)(=O)c2ccc(SCc3ccc(Cl)cc3)nc2)CC1. The van der Waals surface area contributed by atoms with Crippen molar-refractivity contribution in [3.05, 3.63) is 53.2 Å². The van der Waals surface area contributed by atoms with Crippen LogP contribution in [0.4, 0.5) is 0 Å². The summed E-state index contributed by atoms with van der Waals surface area (Å²) in [5.41, 5.74) is 1.14. The number of likely N-dealkylation sites (N-methyl/N-ethyl adjacent to an activating group) is 1. The molecule has 0 atom stereocenters. The van der Waals surface area contributed by atoms with Crippen molar-refractivity contribution in [2.45, 2.75) is 15.7 Å². The maximum Gasteiger partial charge on any atom is 0.244 e. The third kappa shape index (κ3) is 4.74. The topological polar surface area (TPSA) is 53.5 Å². The van der Waals surface area contributed by atoms with E-state index in [2.05, 4.69) is 9.88 Å². The van der Waals surface area contributed by atoms with Gasteiger partial charge in [0.25, 0.3) is 0 Å². The summed E-state index contributed by atoms with van der Waals surface area (Å²) < 4.78 is 26.9. The van der Waals surface area contributed by atoms with Crippen LogP contribution in [-0.2, 0) is 15.8 Å². The predicted octanol–water partition coefficient (Wildman–Crippen LogP) is 2.96. The Kier molecular flexibility index (Phi) is 6.01. The molecule has 134 valence electrons. The lowest BCUT2D eigenvalue weighted by Crippen LogP contribution is -2.47. The number of pyridine rings is 1. The minimum atomic E-state index is -3.45. The molecule has 1 saturated heterocycles. The molecule has 0 N–H and O–H groups in total. The van der Waals surface area contributed by atoms with Gasteiger partial charge in [-0.05, 0) is 36.9 Å². The molecular formula is C17H20ClN3O2S2. The zero-order chi connectivity index (χ0) is 17.9. The van der Waals surface area contributed by atoms with Crippen LogP contribution in [0.1, 0.15) is 5.56 Å². The fourth-order valence-corrected chi connectivity index (χ4v) is 4.81. The zero-order valence-corrected chi connectivity index (χ0v) is 16.3. The van der Waals surface area contributed by atoms with Gasteiger partial charge in [0, 0.05) is 43.2 Å². The van der Waals surface area contributed by atoms with Gasteiger partial charge >= 0.3 is 0 Å². The van der Waals surface area contributed by atoms with Crippen LogP contribution in [-0.4, -0.2) is 55.8 Å². The van der Waals surface area contributed by atoms with Crippen molar-refractivity contribution in [2.24, 2.45) is 0 Å². The molecule has 1 aliphatic rings. The van der Waals surface area contributed by atoms with E-state index in [0.717, 1.165) is 29.4 Å². The van der Waals surface area contributed by atoms with Crippen molar-refractivity contribution in [3.63, 3.8) is 0 Å². The second-order valence-corrected chi connectivity index (χ2v) is 9.32. The first-order chi connectivity index (χ1) is 11.9. The third-order valence-electron chi connectivity index (χ3n) is 4.11. The van der Waals surface area contributed by atoms with Gasteiger partial charge in [0.05, 0.1) is 5.03 Å². The molecular weight excluding hydrogens is 378 g/mol. The lowest BCUT2D eigenvalue weighted by Gasteiger charge is -2.31. The smallest absolute Gasteiger partial charge is 0.244 e. The largest absolute Gasteiger partial charge is 0.304 e. The van der Waals surface area contributed by atoms with Crippen molar-refractivity contribution >= 4 is 33.4 Å². The number of nitrogens with zero attached hydrogens (tertiary/aromatic N) is 3. The fourth-order valence-electron chi connectivity index (χ4n) is 2.52. The average molecular weight is 398 g/mol. The second-order valence-electron chi connectivity index (χ2n) is 5.95. The van der Waals surface area contributed by atoms with Gasteiger partial charge in [-0.3, -0.25) is 0 Å². The monoisotopic (exact) mass is 397 g/mol. The minimum absolute atomic E-state index is 0.257. The molecule has 1 aliphatic heterocycles. The summed E-state index contributed by atoms with van der Waals surface area (Å²) in [6, 6.07) is 11.1. The molecule has 0 saturated carbocycles. The summed E-state index contributed by atoms with van der Waals surface area (Å²) in [6.45, 7) is 2.54. The molecule has 8 heteroatoms. The third-order valence-corrected chi connectivity index (χ3v) is 7.26. The maximum absolute atomic E-state index is 12.7. The molecule has 5 nitrogen and oxygen atoms in total.